The second kappa shape index (κ2) is 4.09. The van der Waals surface area contributed by atoms with Gasteiger partial charge in [0.25, 0.3) is 0 Å². The SMILES string of the molecule is Cc1cnn(-c2ccc(C(=O)O)cc2Br)c1. The lowest BCUT2D eigenvalue weighted by Gasteiger charge is -2.05. The number of hydrogen-bond acceptors (Lipinski definition) is 2. The monoisotopic (exact) mass is 280 g/mol. The molecule has 0 aliphatic carbocycles. The Hall–Kier alpha value is -1.62. The van der Waals surface area contributed by atoms with E-state index < -0.39 is 5.97 Å². The molecule has 0 atom stereocenters. The summed E-state index contributed by atoms with van der Waals surface area (Å²) in [5.74, 6) is -0.941. The van der Waals surface area contributed by atoms with Crippen LogP contribution in [-0.4, -0.2) is 20.9 Å². The summed E-state index contributed by atoms with van der Waals surface area (Å²) >= 11 is 3.34. The predicted octanol–water partition coefficient (Wildman–Crippen LogP) is 2.64. The third-order valence-electron chi connectivity index (χ3n) is 2.15. The van der Waals surface area contributed by atoms with Gasteiger partial charge in [-0.1, -0.05) is 0 Å². The topological polar surface area (TPSA) is 55.1 Å². The van der Waals surface area contributed by atoms with Gasteiger partial charge in [0.2, 0.25) is 0 Å². The molecule has 16 heavy (non-hydrogen) atoms. The number of rotatable bonds is 2. The van der Waals surface area contributed by atoms with Crippen molar-refractivity contribution in [3.8, 4) is 5.69 Å². The molecule has 2 rings (SSSR count). The quantitative estimate of drug-likeness (QED) is 0.920. The third kappa shape index (κ3) is 1.99. The molecule has 1 heterocycles. The minimum Gasteiger partial charge on any atom is -0.478 e. The molecular weight excluding hydrogens is 272 g/mol. The summed E-state index contributed by atoms with van der Waals surface area (Å²) in [6.45, 7) is 1.95. The smallest absolute Gasteiger partial charge is 0.335 e. The van der Waals surface area contributed by atoms with E-state index in [1.807, 2.05) is 13.1 Å². The highest BCUT2D eigenvalue weighted by molar-refractivity contribution is 9.10. The van der Waals surface area contributed by atoms with Crippen molar-refractivity contribution in [1.82, 2.24) is 9.78 Å². The predicted molar refractivity (Wildman–Crippen MR) is 63.0 cm³/mol. The maximum atomic E-state index is 10.8. The number of aryl methyl sites for hydroxylation is 1. The molecular formula is C11H9BrN2O2. The summed E-state index contributed by atoms with van der Waals surface area (Å²) < 4.78 is 2.40. The van der Waals surface area contributed by atoms with E-state index >= 15 is 0 Å². The highest BCUT2D eigenvalue weighted by Gasteiger charge is 2.08. The van der Waals surface area contributed by atoms with Crippen molar-refractivity contribution in [2.75, 3.05) is 0 Å². The number of hydrogen-bond donors (Lipinski definition) is 1. The van der Waals surface area contributed by atoms with E-state index in [2.05, 4.69) is 21.0 Å². The molecule has 0 aliphatic heterocycles. The number of carboxylic acid groups (broad SMARTS) is 1. The van der Waals surface area contributed by atoms with Crippen LogP contribution in [0.1, 0.15) is 15.9 Å². The molecule has 5 heteroatoms. The van der Waals surface area contributed by atoms with Crippen LogP contribution in [0.4, 0.5) is 0 Å². The lowest BCUT2D eigenvalue weighted by Crippen LogP contribution is -2.00. The standard InChI is InChI=1S/C11H9BrN2O2/c1-7-5-13-14(6-7)10-3-2-8(11(15)16)4-9(10)12/h2-6H,1H3,(H,15,16). The zero-order valence-electron chi connectivity index (χ0n) is 8.51. The Bertz CT molecular complexity index is 549. The fraction of sp³-hybridized carbons (Fsp3) is 0.0909. The van der Waals surface area contributed by atoms with E-state index in [0.717, 1.165) is 11.3 Å². The Morgan fingerprint density at radius 3 is 2.75 bits per heavy atom. The van der Waals surface area contributed by atoms with Crippen LogP contribution >= 0.6 is 15.9 Å². The molecule has 4 nitrogen and oxygen atoms in total. The van der Waals surface area contributed by atoms with Gasteiger partial charge in [0.05, 0.1) is 17.4 Å². The summed E-state index contributed by atoms with van der Waals surface area (Å²) in [4.78, 5) is 10.8. The van der Waals surface area contributed by atoms with Gasteiger partial charge in [0.15, 0.2) is 0 Å². The second-order valence-electron chi connectivity index (χ2n) is 3.43. The molecule has 1 aromatic heterocycles. The largest absolute Gasteiger partial charge is 0.478 e. The number of halogens is 1. The molecule has 0 radical (unpaired) electrons. The van der Waals surface area contributed by atoms with E-state index in [0.29, 0.717) is 4.47 Å². The molecule has 0 unspecified atom stereocenters. The van der Waals surface area contributed by atoms with Crippen LogP contribution in [-0.2, 0) is 0 Å². The Labute approximate surface area is 101 Å². The first-order valence-electron chi connectivity index (χ1n) is 4.62. The summed E-state index contributed by atoms with van der Waals surface area (Å²) in [7, 11) is 0. The fourth-order valence-electron chi connectivity index (χ4n) is 1.37. The molecule has 0 amide bonds. The molecule has 0 saturated carbocycles. The molecule has 0 aliphatic rings. The van der Waals surface area contributed by atoms with Crippen LogP contribution in [0.3, 0.4) is 0 Å². The van der Waals surface area contributed by atoms with Crippen LogP contribution < -0.4 is 0 Å². The minimum atomic E-state index is -0.941. The van der Waals surface area contributed by atoms with Gasteiger partial charge < -0.3 is 5.11 Å². The van der Waals surface area contributed by atoms with Gasteiger partial charge in [-0.05, 0) is 46.6 Å². The Kier molecular flexibility index (Phi) is 2.78. The fourth-order valence-corrected chi connectivity index (χ4v) is 1.93. The van der Waals surface area contributed by atoms with Gasteiger partial charge in [-0.2, -0.15) is 5.10 Å². The van der Waals surface area contributed by atoms with Crippen molar-refractivity contribution in [3.63, 3.8) is 0 Å². The van der Waals surface area contributed by atoms with Crippen LogP contribution in [0.2, 0.25) is 0 Å². The van der Waals surface area contributed by atoms with Crippen molar-refractivity contribution in [1.29, 1.82) is 0 Å². The van der Waals surface area contributed by atoms with Crippen molar-refractivity contribution in [2.45, 2.75) is 6.92 Å². The van der Waals surface area contributed by atoms with Crippen LogP contribution in [0, 0.1) is 6.92 Å². The van der Waals surface area contributed by atoms with Crippen molar-refractivity contribution < 1.29 is 9.90 Å². The average Bonchev–Trinajstić information content (AvgIpc) is 2.64. The van der Waals surface area contributed by atoms with E-state index in [1.54, 1.807) is 29.1 Å². The highest BCUT2D eigenvalue weighted by atomic mass is 79.9. The zero-order valence-corrected chi connectivity index (χ0v) is 10.1. The normalized spacial score (nSPS) is 10.4. The zero-order chi connectivity index (χ0) is 11.7. The van der Waals surface area contributed by atoms with Crippen molar-refractivity contribution >= 4 is 21.9 Å². The van der Waals surface area contributed by atoms with E-state index in [4.69, 9.17) is 5.11 Å². The first kappa shape index (κ1) is 10.9. The first-order valence-corrected chi connectivity index (χ1v) is 5.42. The summed E-state index contributed by atoms with van der Waals surface area (Å²) in [6, 6.07) is 4.84. The second-order valence-corrected chi connectivity index (χ2v) is 4.29. The number of aromatic carboxylic acids is 1. The first-order chi connectivity index (χ1) is 7.58. The van der Waals surface area contributed by atoms with Gasteiger partial charge in [0.1, 0.15) is 0 Å². The Morgan fingerprint density at radius 1 is 1.50 bits per heavy atom. The van der Waals surface area contributed by atoms with Crippen molar-refractivity contribution in [2.24, 2.45) is 0 Å². The molecule has 2 aromatic rings. The van der Waals surface area contributed by atoms with Crippen LogP contribution in [0.25, 0.3) is 5.69 Å². The molecule has 1 aromatic carbocycles. The van der Waals surface area contributed by atoms with E-state index in [9.17, 15) is 4.79 Å². The maximum Gasteiger partial charge on any atom is 0.335 e. The van der Waals surface area contributed by atoms with Crippen molar-refractivity contribution in [3.05, 3.63) is 46.2 Å². The molecule has 0 spiro atoms. The molecule has 0 bridgehead atoms. The number of carbonyl (C=O) groups is 1. The highest BCUT2D eigenvalue weighted by Crippen LogP contribution is 2.22. The number of carboxylic acids is 1. The summed E-state index contributed by atoms with van der Waals surface area (Å²) in [5.41, 5.74) is 2.12. The average molecular weight is 281 g/mol. The lowest BCUT2D eigenvalue weighted by atomic mass is 10.2. The van der Waals surface area contributed by atoms with Gasteiger partial charge in [-0.15, -0.1) is 0 Å². The van der Waals surface area contributed by atoms with Gasteiger partial charge in [-0.25, -0.2) is 9.48 Å². The molecule has 0 fully saturated rings. The van der Waals surface area contributed by atoms with Gasteiger partial charge >= 0.3 is 5.97 Å². The van der Waals surface area contributed by atoms with E-state index in [-0.39, 0.29) is 5.56 Å². The van der Waals surface area contributed by atoms with Gasteiger partial charge in [0, 0.05) is 10.7 Å². The van der Waals surface area contributed by atoms with Gasteiger partial charge in [-0.3, -0.25) is 0 Å². The third-order valence-corrected chi connectivity index (χ3v) is 2.79. The van der Waals surface area contributed by atoms with Crippen LogP contribution in [0.15, 0.2) is 35.1 Å². The number of benzene rings is 1. The maximum absolute atomic E-state index is 10.8. The minimum absolute atomic E-state index is 0.250. The summed E-state index contributed by atoms with van der Waals surface area (Å²) in [5, 5.41) is 13.0. The lowest BCUT2D eigenvalue weighted by molar-refractivity contribution is 0.0697. The molecule has 0 saturated heterocycles. The molecule has 1 N–H and O–H groups in total. The van der Waals surface area contributed by atoms with E-state index in [1.165, 1.54) is 0 Å². The van der Waals surface area contributed by atoms with Crippen LogP contribution in [0.5, 0.6) is 0 Å². The Balaban J connectivity index is 2.47. The molecule has 82 valence electrons. The summed E-state index contributed by atoms with van der Waals surface area (Å²) in [6.07, 6.45) is 3.62. The number of nitrogens with zero attached hydrogens (tertiary/aromatic N) is 2. The number of aromatic nitrogens is 2. The Morgan fingerprint density at radius 2 is 2.25 bits per heavy atom.